The highest BCUT2D eigenvalue weighted by Crippen LogP contribution is 2.51. The average Bonchev–Trinajstić information content (AvgIpc) is 3.42. The number of allylic oxidation sites excluding steroid dienone is 1. The molecule has 0 saturated heterocycles. The molecular formula is C42H52O8. The van der Waals surface area contributed by atoms with Crippen LogP contribution >= 0.6 is 0 Å². The van der Waals surface area contributed by atoms with E-state index in [1.165, 1.54) is 5.56 Å². The Labute approximate surface area is 295 Å². The van der Waals surface area contributed by atoms with E-state index in [4.69, 9.17) is 23.4 Å². The lowest BCUT2D eigenvalue weighted by Crippen LogP contribution is -2.52. The number of carbonyl (C=O) groups excluding carboxylic acids is 2. The first-order chi connectivity index (χ1) is 23.8. The maximum Gasteiger partial charge on any atom is 0.339 e. The second-order valence-electron chi connectivity index (χ2n) is 16.0. The molecule has 1 fully saturated rings. The third-order valence-electron chi connectivity index (χ3n) is 10.9. The maximum atomic E-state index is 14.4. The van der Waals surface area contributed by atoms with Gasteiger partial charge in [0.15, 0.2) is 12.2 Å². The molecule has 8 heteroatoms. The van der Waals surface area contributed by atoms with Crippen LogP contribution in [0.25, 0.3) is 11.0 Å². The molecule has 0 N–H and O–H groups in total. The monoisotopic (exact) mass is 684 g/mol. The predicted molar refractivity (Wildman–Crippen MR) is 192 cm³/mol. The Morgan fingerprint density at radius 2 is 1.70 bits per heavy atom. The van der Waals surface area contributed by atoms with Crippen molar-refractivity contribution in [2.24, 2.45) is 17.3 Å². The number of ether oxygens (including phenoxy) is 4. The molecule has 0 amide bonds. The topological polar surface area (TPSA) is 101 Å². The minimum absolute atomic E-state index is 0.228. The summed E-state index contributed by atoms with van der Waals surface area (Å²) in [5, 5.41) is 0.655. The van der Waals surface area contributed by atoms with Crippen LogP contribution in [0.15, 0.2) is 62.8 Å². The van der Waals surface area contributed by atoms with Gasteiger partial charge in [0.2, 0.25) is 0 Å². The van der Waals surface area contributed by atoms with E-state index < -0.39 is 29.4 Å². The zero-order valence-electron chi connectivity index (χ0n) is 30.7. The summed E-state index contributed by atoms with van der Waals surface area (Å²) in [5.74, 6) is 0.688. The maximum absolute atomic E-state index is 14.4. The van der Waals surface area contributed by atoms with E-state index in [0.29, 0.717) is 65.5 Å². The Morgan fingerprint density at radius 3 is 2.40 bits per heavy atom. The molecule has 8 nitrogen and oxygen atoms in total. The van der Waals surface area contributed by atoms with Gasteiger partial charge in [-0.1, -0.05) is 43.7 Å². The highest BCUT2D eigenvalue weighted by Gasteiger charge is 2.51. The van der Waals surface area contributed by atoms with Crippen LogP contribution in [0.3, 0.4) is 0 Å². The zero-order valence-corrected chi connectivity index (χ0v) is 30.7. The quantitative estimate of drug-likeness (QED) is 0.150. The number of aryl methyl sites for hydroxylation is 1. The van der Waals surface area contributed by atoms with Crippen LogP contribution in [0.4, 0.5) is 0 Å². The van der Waals surface area contributed by atoms with Crippen molar-refractivity contribution in [3.63, 3.8) is 0 Å². The molecule has 4 aliphatic rings. The van der Waals surface area contributed by atoms with Crippen LogP contribution in [0.1, 0.15) is 108 Å². The third kappa shape index (κ3) is 7.56. The Morgan fingerprint density at radius 1 is 0.960 bits per heavy atom. The van der Waals surface area contributed by atoms with Crippen LogP contribution in [0.2, 0.25) is 0 Å². The number of hydrogen-bond donors (Lipinski definition) is 0. The molecule has 268 valence electrons. The molecule has 1 aliphatic carbocycles. The minimum Gasteiger partial charge on any atom is -0.483 e. The number of fused-ring (bicyclic) bond motifs is 11. The molecule has 0 radical (unpaired) electrons. The number of hydrogen-bond acceptors (Lipinski definition) is 8. The van der Waals surface area contributed by atoms with E-state index in [0.717, 1.165) is 43.2 Å². The molecule has 7 rings (SSSR count). The Kier molecular flexibility index (Phi) is 10.3. The number of benzene rings is 2. The Hall–Kier alpha value is -3.91. The summed E-state index contributed by atoms with van der Waals surface area (Å²) >= 11 is 0. The van der Waals surface area contributed by atoms with Crippen molar-refractivity contribution >= 4 is 22.9 Å². The Balaban J connectivity index is 1.47. The lowest BCUT2D eigenvalue weighted by atomic mass is 9.76. The highest BCUT2D eigenvalue weighted by molar-refractivity contribution is 5.90. The molecule has 2 bridgehead atoms. The van der Waals surface area contributed by atoms with Gasteiger partial charge in [-0.15, -0.1) is 0 Å². The van der Waals surface area contributed by atoms with Gasteiger partial charge in [0.1, 0.15) is 16.9 Å². The lowest BCUT2D eigenvalue weighted by molar-refractivity contribution is -0.189. The summed E-state index contributed by atoms with van der Waals surface area (Å²) in [6.07, 6.45) is 4.57. The van der Waals surface area contributed by atoms with Gasteiger partial charge in [-0.05, 0) is 119 Å². The van der Waals surface area contributed by atoms with Gasteiger partial charge >= 0.3 is 17.6 Å². The van der Waals surface area contributed by atoms with Crippen molar-refractivity contribution in [3.05, 3.63) is 86.3 Å². The largest absolute Gasteiger partial charge is 0.483 e. The molecular weight excluding hydrogens is 632 g/mol. The van der Waals surface area contributed by atoms with Crippen molar-refractivity contribution in [3.8, 4) is 5.75 Å². The summed E-state index contributed by atoms with van der Waals surface area (Å²) in [7, 11) is 1.58. The second-order valence-corrected chi connectivity index (χ2v) is 16.0. The lowest BCUT2D eigenvalue weighted by Gasteiger charge is -2.43. The molecule has 3 aliphatic heterocycles. The summed E-state index contributed by atoms with van der Waals surface area (Å²) in [6.45, 7) is 12.4. The summed E-state index contributed by atoms with van der Waals surface area (Å²) in [6, 6.07) is 14.1. The van der Waals surface area contributed by atoms with Crippen molar-refractivity contribution in [1.82, 2.24) is 0 Å². The van der Waals surface area contributed by atoms with E-state index in [-0.39, 0.29) is 23.4 Å². The first-order valence-corrected chi connectivity index (χ1v) is 18.2. The molecule has 1 saturated carbocycles. The van der Waals surface area contributed by atoms with E-state index in [2.05, 4.69) is 38.1 Å². The summed E-state index contributed by atoms with van der Waals surface area (Å²) in [5.41, 5.74) is 3.06. The van der Waals surface area contributed by atoms with Crippen LogP contribution in [-0.4, -0.2) is 37.4 Å². The number of rotatable bonds is 5. The fourth-order valence-electron chi connectivity index (χ4n) is 8.49. The fourth-order valence-corrected chi connectivity index (χ4v) is 8.49. The van der Waals surface area contributed by atoms with Crippen LogP contribution in [-0.2, 0) is 43.1 Å². The van der Waals surface area contributed by atoms with Crippen LogP contribution < -0.4 is 10.4 Å². The van der Waals surface area contributed by atoms with Gasteiger partial charge in [-0.25, -0.2) is 9.59 Å². The molecule has 1 spiro atoms. The molecule has 4 atom stereocenters. The molecule has 3 aromatic rings. The van der Waals surface area contributed by atoms with Crippen LogP contribution in [0, 0.1) is 17.3 Å². The van der Waals surface area contributed by atoms with Gasteiger partial charge in [0, 0.05) is 30.1 Å². The number of carbonyl (C=O) groups is 2. The molecule has 2 aromatic carbocycles. The highest BCUT2D eigenvalue weighted by atomic mass is 16.6. The van der Waals surface area contributed by atoms with Crippen LogP contribution in [0.5, 0.6) is 5.75 Å². The Bertz CT molecular complexity index is 1830. The first kappa shape index (κ1) is 35.9. The third-order valence-corrected chi connectivity index (χ3v) is 10.9. The minimum atomic E-state index is -1.08. The van der Waals surface area contributed by atoms with Gasteiger partial charge in [0.25, 0.3) is 0 Å². The smallest absolute Gasteiger partial charge is 0.339 e. The van der Waals surface area contributed by atoms with E-state index in [1.807, 2.05) is 39.8 Å². The number of methoxy groups -OCH3 is 1. The second kappa shape index (κ2) is 14.4. The van der Waals surface area contributed by atoms with Crippen molar-refractivity contribution in [2.45, 2.75) is 117 Å². The number of esters is 2. The molecule has 1 aromatic heterocycles. The SMILES string of the molecule is COCCc1cc2ccc3c(c2oc1=O)[C@H]1OC(=O)C[C@]2(CC[C@H](CC(C)C)C2)Cc2ccc(cc2)CCC(=C(C)C)C(=O)O[C@H]1C(C)(C)O3. The molecule has 50 heavy (non-hydrogen) atoms. The molecule has 0 unspecified atom stereocenters. The summed E-state index contributed by atoms with van der Waals surface area (Å²) in [4.78, 5) is 41.7. The zero-order chi connectivity index (χ0) is 35.8. The van der Waals surface area contributed by atoms with Crippen molar-refractivity contribution in [1.29, 1.82) is 0 Å². The van der Waals surface area contributed by atoms with Gasteiger partial charge in [-0.2, -0.15) is 0 Å². The van der Waals surface area contributed by atoms with E-state index in [1.54, 1.807) is 13.2 Å². The van der Waals surface area contributed by atoms with Gasteiger partial charge in [-0.3, -0.25) is 4.79 Å². The average molecular weight is 685 g/mol. The van der Waals surface area contributed by atoms with E-state index >= 15 is 0 Å². The normalized spacial score (nSPS) is 25.3. The fraction of sp³-hybridized carbons (Fsp3) is 0.548. The summed E-state index contributed by atoms with van der Waals surface area (Å²) < 4.78 is 30.6. The van der Waals surface area contributed by atoms with Gasteiger partial charge in [0.05, 0.1) is 18.6 Å². The molecule has 4 heterocycles. The van der Waals surface area contributed by atoms with E-state index in [9.17, 15) is 14.4 Å². The van der Waals surface area contributed by atoms with Crippen molar-refractivity contribution < 1.29 is 33.0 Å². The van der Waals surface area contributed by atoms with Crippen molar-refractivity contribution in [2.75, 3.05) is 13.7 Å². The first-order valence-electron chi connectivity index (χ1n) is 18.2. The standard InChI is InChI=1S/C42H52O8/c1-25(2)20-29-16-18-42(23-29)22-28-10-8-27(9-11-28)12-14-32(26(3)4)40(45)49-38-37(47-34(43)24-42)35-33(50-41(38,5)6)15-13-30-21-31(17-19-46-7)39(44)48-36(30)35/h8-11,13,15,21,25,29,37-38H,12,14,16-20,22-24H2,1-7H3/t29-,37-,38-,42-/m1/s1. The predicted octanol–water partition coefficient (Wildman–Crippen LogP) is 8.40. The van der Waals surface area contributed by atoms with Gasteiger partial charge < -0.3 is 23.4 Å².